The SMILES string of the molecule is Cc1nonc1C(=O)Nc1ccc(Cl)cc1Cl. The van der Waals surface area contributed by atoms with E-state index >= 15 is 0 Å². The molecule has 0 aliphatic heterocycles. The quantitative estimate of drug-likeness (QED) is 0.912. The van der Waals surface area contributed by atoms with E-state index in [0.717, 1.165) is 0 Å². The van der Waals surface area contributed by atoms with E-state index in [2.05, 4.69) is 20.3 Å². The highest BCUT2D eigenvalue weighted by atomic mass is 35.5. The minimum Gasteiger partial charge on any atom is -0.319 e. The number of nitrogens with one attached hydrogen (secondary N) is 1. The standard InChI is InChI=1S/C10H7Cl2N3O2/c1-5-9(15-17-14-5)10(16)13-8-3-2-6(11)4-7(8)12/h2-4H,1H3,(H,13,16). The van der Waals surface area contributed by atoms with Gasteiger partial charge in [0.05, 0.1) is 10.7 Å². The van der Waals surface area contributed by atoms with Crippen LogP contribution in [0.5, 0.6) is 0 Å². The molecule has 0 spiro atoms. The average Bonchev–Trinajstić information content (AvgIpc) is 2.68. The van der Waals surface area contributed by atoms with Crippen LogP contribution in [0.4, 0.5) is 5.69 Å². The first kappa shape index (κ1) is 11.9. The summed E-state index contributed by atoms with van der Waals surface area (Å²) in [5.41, 5.74) is 0.979. The number of amides is 1. The Morgan fingerprint density at radius 1 is 1.35 bits per heavy atom. The maximum Gasteiger partial charge on any atom is 0.279 e. The van der Waals surface area contributed by atoms with Crippen molar-refractivity contribution in [2.75, 3.05) is 5.32 Å². The molecule has 1 N–H and O–H groups in total. The van der Waals surface area contributed by atoms with Crippen LogP contribution in [0.1, 0.15) is 16.2 Å². The summed E-state index contributed by atoms with van der Waals surface area (Å²) < 4.78 is 4.44. The van der Waals surface area contributed by atoms with E-state index in [-0.39, 0.29) is 5.69 Å². The lowest BCUT2D eigenvalue weighted by atomic mass is 10.3. The van der Waals surface area contributed by atoms with Gasteiger partial charge in [-0.2, -0.15) is 0 Å². The van der Waals surface area contributed by atoms with Gasteiger partial charge < -0.3 is 5.32 Å². The fourth-order valence-corrected chi connectivity index (χ4v) is 1.67. The minimum absolute atomic E-state index is 0.121. The Balaban J connectivity index is 2.22. The number of halogens is 2. The number of hydrogen-bond donors (Lipinski definition) is 1. The van der Waals surface area contributed by atoms with Crippen molar-refractivity contribution in [1.82, 2.24) is 10.3 Å². The number of hydrogen-bond acceptors (Lipinski definition) is 4. The molecule has 0 fully saturated rings. The highest BCUT2D eigenvalue weighted by molar-refractivity contribution is 6.36. The van der Waals surface area contributed by atoms with Crippen LogP contribution in [0.2, 0.25) is 10.0 Å². The van der Waals surface area contributed by atoms with Crippen molar-refractivity contribution in [3.05, 3.63) is 39.6 Å². The Hall–Kier alpha value is -1.59. The molecule has 0 unspecified atom stereocenters. The number of carbonyl (C=O) groups is 1. The first-order valence-corrected chi connectivity index (χ1v) is 5.39. The predicted octanol–water partition coefficient (Wildman–Crippen LogP) is 2.94. The molecule has 2 aromatic rings. The third kappa shape index (κ3) is 2.57. The Morgan fingerprint density at radius 2 is 2.12 bits per heavy atom. The normalized spacial score (nSPS) is 10.3. The van der Waals surface area contributed by atoms with E-state index in [4.69, 9.17) is 23.2 Å². The van der Waals surface area contributed by atoms with E-state index in [1.807, 2.05) is 0 Å². The molecule has 0 aliphatic carbocycles. The van der Waals surface area contributed by atoms with Gasteiger partial charge in [-0.05, 0) is 30.3 Å². The predicted molar refractivity (Wildman–Crippen MR) is 63.5 cm³/mol. The van der Waals surface area contributed by atoms with Crippen molar-refractivity contribution in [3.63, 3.8) is 0 Å². The van der Waals surface area contributed by atoms with Gasteiger partial charge in [-0.15, -0.1) is 0 Å². The van der Waals surface area contributed by atoms with Crippen molar-refractivity contribution >= 4 is 34.8 Å². The molecular weight excluding hydrogens is 265 g/mol. The summed E-state index contributed by atoms with van der Waals surface area (Å²) in [4.78, 5) is 11.8. The molecule has 1 heterocycles. The number of rotatable bonds is 2. The average molecular weight is 272 g/mol. The lowest BCUT2D eigenvalue weighted by Gasteiger charge is -2.05. The number of carbonyl (C=O) groups excluding carboxylic acids is 1. The first-order chi connectivity index (χ1) is 8.08. The first-order valence-electron chi connectivity index (χ1n) is 4.63. The second kappa shape index (κ2) is 4.73. The van der Waals surface area contributed by atoms with Gasteiger partial charge in [0.1, 0.15) is 5.69 Å². The van der Waals surface area contributed by atoms with Crippen molar-refractivity contribution in [3.8, 4) is 0 Å². The maximum absolute atomic E-state index is 11.8. The largest absolute Gasteiger partial charge is 0.319 e. The molecule has 1 aromatic carbocycles. The molecule has 0 radical (unpaired) electrons. The van der Waals surface area contributed by atoms with Crippen LogP contribution in [0.25, 0.3) is 0 Å². The molecule has 17 heavy (non-hydrogen) atoms. The fourth-order valence-electron chi connectivity index (χ4n) is 1.21. The summed E-state index contributed by atoms with van der Waals surface area (Å²) in [7, 11) is 0. The van der Waals surface area contributed by atoms with Crippen LogP contribution in [0.3, 0.4) is 0 Å². The van der Waals surface area contributed by atoms with Crippen molar-refractivity contribution < 1.29 is 9.42 Å². The van der Waals surface area contributed by atoms with Crippen molar-refractivity contribution in [2.24, 2.45) is 0 Å². The second-order valence-corrected chi connectivity index (χ2v) is 4.12. The lowest BCUT2D eigenvalue weighted by Crippen LogP contribution is -2.13. The topological polar surface area (TPSA) is 68.0 Å². The summed E-state index contributed by atoms with van der Waals surface area (Å²) in [5, 5.41) is 10.4. The molecule has 1 aromatic heterocycles. The third-order valence-corrected chi connectivity index (χ3v) is 2.59. The molecule has 0 saturated heterocycles. The van der Waals surface area contributed by atoms with E-state index in [0.29, 0.717) is 21.4 Å². The number of aromatic nitrogens is 2. The van der Waals surface area contributed by atoms with E-state index in [1.165, 1.54) is 6.07 Å². The van der Waals surface area contributed by atoms with Gasteiger partial charge in [-0.1, -0.05) is 28.4 Å². The zero-order valence-corrected chi connectivity index (χ0v) is 10.2. The summed E-state index contributed by atoms with van der Waals surface area (Å²) in [5.74, 6) is -0.437. The van der Waals surface area contributed by atoms with Gasteiger partial charge in [0.15, 0.2) is 5.69 Å². The zero-order chi connectivity index (χ0) is 12.4. The van der Waals surface area contributed by atoms with Crippen LogP contribution < -0.4 is 5.32 Å². The van der Waals surface area contributed by atoms with E-state index < -0.39 is 5.91 Å². The van der Waals surface area contributed by atoms with Gasteiger partial charge in [0, 0.05) is 5.02 Å². The van der Waals surface area contributed by atoms with E-state index in [9.17, 15) is 4.79 Å². The fraction of sp³-hybridized carbons (Fsp3) is 0.100. The molecule has 1 amide bonds. The monoisotopic (exact) mass is 271 g/mol. The molecule has 5 nitrogen and oxygen atoms in total. The third-order valence-electron chi connectivity index (χ3n) is 2.05. The smallest absolute Gasteiger partial charge is 0.279 e. The molecular formula is C10H7Cl2N3O2. The Labute approximate surface area is 107 Å². The Kier molecular flexibility index (Phi) is 3.31. The van der Waals surface area contributed by atoms with Gasteiger partial charge in [0.2, 0.25) is 0 Å². The molecule has 0 aliphatic rings. The van der Waals surface area contributed by atoms with Crippen LogP contribution in [0, 0.1) is 6.92 Å². The van der Waals surface area contributed by atoms with Crippen molar-refractivity contribution in [1.29, 1.82) is 0 Å². The summed E-state index contributed by atoms with van der Waals surface area (Å²) >= 11 is 11.7. The van der Waals surface area contributed by atoms with Gasteiger partial charge >= 0.3 is 0 Å². The minimum atomic E-state index is -0.437. The molecule has 0 saturated carbocycles. The molecule has 7 heteroatoms. The number of aryl methyl sites for hydroxylation is 1. The van der Waals surface area contributed by atoms with Gasteiger partial charge in [-0.25, -0.2) is 4.63 Å². The molecule has 0 atom stereocenters. The van der Waals surface area contributed by atoms with Gasteiger partial charge in [0.25, 0.3) is 5.91 Å². The van der Waals surface area contributed by atoms with Crippen LogP contribution in [-0.4, -0.2) is 16.2 Å². The Morgan fingerprint density at radius 3 is 2.71 bits per heavy atom. The maximum atomic E-state index is 11.8. The summed E-state index contributed by atoms with van der Waals surface area (Å²) in [6.07, 6.45) is 0. The Bertz CT molecular complexity index is 568. The second-order valence-electron chi connectivity index (χ2n) is 3.28. The molecule has 0 bridgehead atoms. The van der Waals surface area contributed by atoms with Crippen LogP contribution >= 0.6 is 23.2 Å². The number of nitrogens with zero attached hydrogens (tertiary/aromatic N) is 2. The molecule has 2 rings (SSSR count). The van der Waals surface area contributed by atoms with Gasteiger partial charge in [-0.3, -0.25) is 4.79 Å². The number of anilines is 1. The highest BCUT2D eigenvalue weighted by Crippen LogP contribution is 2.25. The van der Waals surface area contributed by atoms with Crippen LogP contribution in [-0.2, 0) is 0 Å². The highest BCUT2D eigenvalue weighted by Gasteiger charge is 2.16. The summed E-state index contributed by atoms with van der Waals surface area (Å²) in [6, 6.07) is 4.76. The van der Waals surface area contributed by atoms with Crippen molar-refractivity contribution in [2.45, 2.75) is 6.92 Å². The zero-order valence-electron chi connectivity index (χ0n) is 8.70. The number of benzene rings is 1. The van der Waals surface area contributed by atoms with Crippen LogP contribution in [0.15, 0.2) is 22.8 Å². The molecule has 88 valence electrons. The lowest BCUT2D eigenvalue weighted by molar-refractivity contribution is 0.101. The summed E-state index contributed by atoms with van der Waals surface area (Å²) in [6.45, 7) is 1.62. The van der Waals surface area contributed by atoms with E-state index in [1.54, 1.807) is 19.1 Å².